The Bertz CT molecular complexity index is 979. The Hall–Kier alpha value is -2.41. The molecule has 1 heterocycles. The summed E-state index contributed by atoms with van der Waals surface area (Å²) >= 11 is 3.49. The largest absolute Gasteiger partial charge is 0.496 e. The van der Waals surface area contributed by atoms with E-state index in [4.69, 9.17) is 14.2 Å². The number of urea groups is 1. The lowest BCUT2D eigenvalue weighted by atomic mass is 10.1. The van der Waals surface area contributed by atoms with Crippen LogP contribution in [-0.4, -0.2) is 44.3 Å². The van der Waals surface area contributed by atoms with Gasteiger partial charge in [0.15, 0.2) is 11.5 Å². The van der Waals surface area contributed by atoms with Crippen molar-refractivity contribution >= 4 is 27.6 Å². The quantitative estimate of drug-likeness (QED) is 0.350. The van der Waals surface area contributed by atoms with Crippen LogP contribution in [0.2, 0.25) is 0 Å². The molecule has 2 aromatic rings. The lowest BCUT2D eigenvalue weighted by Gasteiger charge is -2.40. The van der Waals surface area contributed by atoms with Gasteiger partial charge in [-0.15, -0.1) is 0 Å². The van der Waals surface area contributed by atoms with Crippen LogP contribution in [0.15, 0.2) is 40.9 Å². The van der Waals surface area contributed by atoms with Crippen molar-refractivity contribution < 1.29 is 19.0 Å². The van der Waals surface area contributed by atoms with Gasteiger partial charge in [0, 0.05) is 34.4 Å². The molecule has 1 aliphatic heterocycles. The number of ether oxygens (including phenoxy) is 3. The smallest absolute Gasteiger partial charge is 0.325 e. The summed E-state index contributed by atoms with van der Waals surface area (Å²) in [7, 11) is 3.30. The number of hydrogen-bond acceptors (Lipinski definition) is 4. The van der Waals surface area contributed by atoms with E-state index in [2.05, 4.69) is 22.9 Å². The fourth-order valence-corrected chi connectivity index (χ4v) is 4.65. The molecule has 0 bridgehead atoms. The average Bonchev–Trinajstić information content (AvgIpc) is 3.64. The molecule has 33 heavy (non-hydrogen) atoms. The fraction of sp³-hybridized carbons (Fsp3) is 0.500. The van der Waals surface area contributed by atoms with E-state index in [0.717, 1.165) is 40.2 Å². The molecule has 1 saturated carbocycles. The zero-order chi connectivity index (χ0) is 23.4. The van der Waals surface area contributed by atoms with Gasteiger partial charge in [-0.3, -0.25) is 4.90 Å². The maximum Gasteiger partial charge on any atom is 0.325 e. The SMILES string of the molecule is COc1cc(Br)ccc1CN1C(=O)N(c2ccc(OC)c(OCCCC3CC3)c2)CC[C@@H]1C. The number of halogens is 1. The molecular weight excluding hydrogens is 484 g/mol. The minimum Gasteiger partial charge on any atom is -0.496 e. The van der Waals surface area contributed by atoms with E-state index >= 15 is 0 Å². The van der Waals surface area contributed by atoms with Gasteiger partial charge in [-0.1, -0.05) is 34.8 Å². The van der Waals surface area contributed by atoms with Crippen molar-refractivity contribution in [3.05, 3.63) is 46.4 Å². The predicted octanol–water partition coefficient (Wildman–Crippen LogP) is 6.26. The van der Waals surface area contributed by atoms with Crippen molar-refractivity contribution in [2.45, 2.75) is 51.6 Å². The third-order valence-electron chi connectivity index (χ3n) is 6.54. The highest BCUT2D eigenvalue weighted by atomic mass is 79.9. The van der Waals surface area contributed by atoms with Crippen LogP contribution in [0.4, 0.5) is 10.5 Å². The van der Waals surface area contributed by atoms with E-state index < -0.39 is 0 Å². The summed E-state index contributed by atoms with van der Waals surface area (Å²) in [5, 5.41) is 0. The summed E-state index contributed by atoms with van der Waals surface area (Å²) in [6.07, 6.45) is 5.86. The van der Waals surface area contributed by atoms with Crippen LogP contribution in [0.3, 0.4) is 0 Å². The van der Waals surface area contributed by atoms with Crippen LogP contribution in [0.1, 0.15) is 44.6 Å². The number of carbonyl (C=O) groups excluding carboxylic acids is 1. The molecule has 0 N–H and O–H groups in total. The fourth-order valence-electron chi connectivity index (χ4n) is 4.31. The summed E-state index contributed by atoms with van der Waals surface area (Å²) in [6.45, 7) is 3.93. The van der Waals surface area contributed by atoms with E-state index in [-0.39, 0.29) is 12.1 Å². The van der Waals surface area contributed by atoms with Gasteiger partial charge >= 0.3 is 6.03 Å². The Morgan fingerprint density at radius 2 is 1.79 bits per heavy atom. The number of rotatable bonds is 10. The van der Waals surface area contributed by atoms with Crippen molar-refractivity contribution in [2.24, 2.45) is 5.92 Å². The third-order valence-corrected chi connectivity index (χ3v) is 7.03. The molecule has 2 amide bonds. The molecule has 2 aliphatic rings. The Balaban J connectivity index is 1.49. The van der Waals surface area contributed by atoms with Gasteiger partial charge in [0.1, 0.15) is 5.75 Å². The maximum atomic E-state index is 13.5. The first-order valence-corrected chi connectivity index (χ1v) is 12.5. The highest BCUT2D eigenvalue weighted by molar-refractivity contribution is 9.10. The predicted molar refractivity (Wildman–Crippen MR) is 134 cm³/mol. The molecule has 1 saturated heterocycles. The number of carbonyl (C=O) groups is 1. The number of anilines is 1. The number of nitrogens with zero attached hydrogens (tertiary/aromatic N) is 2. The molecule has 0 aromatic heterocycles. The van der Waals surface area contributed by atoms with Gasteiger partial charge in [-0.25, -0.2) is 4.79 Å². The molecule has 0 unspecified atom stereocenters. The number of hydrogen-bond donors (Lipinski definition) is 0. The molecule has 4 rings (SSSR count). The molecule has 0 radical (unpaired) electrons. The van der Waals surface area contributed by atoms with Gasteiger partial charge in [0.25, 0.3) is 0 Å². The molecule has 2 aromatic carbocycles. The average molecular weight is 517 g/mol. The second kappa shape index (κ2) is 10.7. The molecular formula is C26H33BrN2O4. The first kappa shape index (κ1) is 23.7. The van der Waals surface area contributed by atoms with Crippen molar-refractivity contribution in [3.63, 3.8) is 0 Å². The first-order valence-electron chi connectivity index (χ1n) is 11.7. The van der Waals surface area contributed by atoms with Gasteiger partial charge < -0.3 is 19.1 Å². The molecule has 7 heteroatoms. The van der Waals surface area contributed by atoms with Gasteiger partial charge in [-0.05, 0) is 56.4 Å². The molecule has 178 valence electrons. The van der Waals surface area contributed by atoms with Crippen LogP contribution < -0.4 is 19.1 Å². The summed E-state index contributed by atoms with van der Waals surface area (Å²) < 4.78 is 18.1. The van der Waals surface area contributed by atoms with Crippen LogP contribution >= 0.6 is 15.9 Å². The number of methoxy groups -OCH3 is 2. The molecule has 2 fully saturated rings. The Labute approximate surface area is 204 Å². The normalized spacial score (nSPS) is 18.4. The van der Waals surface area contributed by atoms with Crippen molar-refractivity contribution in [2.75, 3.05) is 32.3 Å². The standard InChI is InChI=1S/C26H33BrN2O4/c1-18-12-13-28(26(30)29(18)17-20-8-9-21(27)15-24(20)32-3)22-10-11-23(31-2)25(16-22)33-14-4-5-19-6-7-19/h8-11,15-16,18-19H,4-7,12-14,17H2,1-3H3/t18-/m0/s1. The summed E-state index contributed by atoms with van der Waals surface area (Å²) in [5.74, 6) is 3.05. The zero-order valence-corrected chi connectivity index (χ0v) is 21.3. The molecule has 0 spiro atoms. The Kier molecular flexibility index (Phi) is 7.68. The maximum absolute atomic E-state index is 13.5. The monoisotopic (exact) mass is 516 g/mol. The van der Waals surface area contributed by atoms with E-state index in [1.54, 1.807) is 14.2 Å². The van der Waals surface area contributed by atoms with Gasteiger partial charge in [-0.2, -0.15) is 0 Å². The molecule has 1 atom stereocenters. The van der Waals surface area contributed by atoms with Gasteiger partial charge in [0.05, 0.1) is 27.4 Å². The van der Waals surface area contributed by atoms with Crippen LogP contribution in [0, 0.1) is 5.92 Å². The molecule has 1 aliphatic carbocycles. The second-order valence-corrected chi connectivity index (χ2v) is 9.84. The number of benzene rings is 2. The summed E-state index contributed by atoms with van der Waals surface area (Å²) in [6, 6.07) is 11.8. The highest BCUT2D eigenvalue weighted by Crippen LogP contribution is 2.36. The van der Waals surface area contributed by atoms with Crippen LogP contribution in [0.5, 0.6) is 17.2 Å². The van der Waals surface area contributed by atoms with Gasteiger partial charge in [0.2, 0.25) is 0 Å². The Morgan fingerprint density at radius 3 is 2.52 bits per heavy atom. The topological polar surface area (TPSA) is 51.2 Å². The third kappa shape index (κ3) is 5.75. The zero-order valence-electron chi connectivity index (χ0n) is 19.7. The lowest BCUT2D eigenvalue weighted by molar-refractivity contribution is 0.165. The minimum absolute atomic E-state index is 0.0106. The van der Waals surface area contributed by atoms with E-state index in [1.807, 2.05) is 46.2 Å². The van der Waals surface area contributed by atoms with Crippen molar-refractivity contribution in [3.8, 4) is 17.2 Å². The van der Waals surface area contributed by atoms with Crippen molar-refractivity contribution in [1.82, 2.24) is 4.90 Å². The Morgan fingerprint density at radius 1 is 1.00 bits per heavy atom. The highest BCUT2D eigenvalue weighted by Gasteiger charge is 2.32. The van der Waals surface area contributed by atoms with E-state index in [9.17, 15) is 4.79 Å². The van der Waals surface area contributed by atoms with Crippen molar-refractivity contribution in [1.29, 1.82) is 0 Å². The summed E-state index contributed by atoms with van der Waals surface area (Å²) in [4.78, 5) is 17.3. The first-order chi connectivity index (χ1) is 16.0. The second-order valence-electron chi connectivity index (χ2n) is 8.93. The van der Waals surface area contributed by atoms with Crippen LogP contribution in [0.25, 0.3) is 0 Å². The number of amides is 2. The minimum atomic E-state index is -0.0106. The molecule has 6 nitrogen and oxygen atoms in total. The van der Waals surface area contributed by atoms with E-state index in [1.165, 1.54) is 19.3 Å². The summed E-state index contributed by atoms with van der Waals surface area (Å²) in [5.41, 5.74) is 1.81. The lowest BCUT2D eigenvalue weighted by Crippen LogP contribution is -2.53. The van der Waals surface area contributed by atoms with E-state index in [0.29, 0.717) is 31.2 Å². The van der Waals surface area contributed by atoms with Crippen LogP contribution in [-0.2, 0) is 6.54 Å².